The molecule has 0 spiro atoms. The predicted octanol–water partition coefficient (Wildman–Crippen LogP) is 0.823. The minimum Gasteiger partial charge on any atom is -0.399 e. The number of carbonyl (C=O) groups excluding carboxylic acids is 1. The van der Waals surface area contributed by atoms with Crippen LogP contribution >= 0.6 is 0 Å². The van der Waals surface area contributed by atoms with Gasteiger partial charge in [0.05, 0.1) is 5.69 Å². The number of carbonyl (C=O) groups is 1. The SMILES string of the molecule is Cc1nn(C)cc1CNC(=O)c1cc(N)cc(N)c1. The van der Waals surface area contributed by atoms with E-state index in [0.29, 0.717) is 23.5 Å². The van der Waals surface area contributed by atoms with Gasteiger partial charge in [-0.25, -0.2) is 0 Å². The molecule has 0 fully saturated rings. The molecule has 5 N–H and O–H groups in total. The van der Waals surface area contributed by atoms with E-state index in [2.05, 4.69) is 10.4 Å². The van der Waals surface area contributed by atoms with Gasteiger partial charge in [0.2, 0.25) is 0 Å². The minimum atomic E-state index is -0.206. The third-order valence-electron chi connectivity index (χ3n) is 2.79. The van der Waals surface area contributed by atoms with E-state index in [0.717, 1.165) is 11.3 Å². The van der Waals surface area contributed by atoms with Crippen molar-refractivity contribution in [1.29, 1.82) is 0 Å². The second-order valence-corrected chi connectivity index (χ2v) is 4.48. The minimum absolute atomic E-state index is 0.206. The zero-order chi connectivity index (χ0) is 14.0. The average Bonchev–Trinajstić information content (AvgIpc) is 2.63. The molecule has 2 rings (SSSR count). The Morgan fingerprint density at radius 3 is 2.47 bits per heavy atom. The number of nitrogen functional groups attached to an aromatic ring is 2. The summed E-state index contributed by atoms with van der Waals surface area (Å²) < 4.78 is 1.72. The molecular formula is C13H17N5O. The fraction of sp³-hybridized carbons (Fsp3) is 0.231. The van der Waals surface area contributed by atoms with Crippen molar-refractivity contribution in [2.24, 2.45) is 7.05 Å². The second kappa shape index (κ2) is 5.01. The van der Waals surface area contributed by atoms with Gasteiger partial charge in [-0.05, 0) is 25.1 Å². The molecule has 100 valence electrons. The van der Waals surface area contributed by atoms with Crippen molar-refractivity contribution in [3.8, 4) is 0 Å². The molecule has 0 bridgehead atoms. The summed E-state index contributed by atoms with van der Waals surface area (Å²) >= 11 is 0. The number of hydrogen-bond donors (Lipinski definition) is 3. The number of anilines is 2. The van der Waals surface area contributed by atoms with Crippen LogP contribution in [-0.4, -0.2) is 15.7 Å². The Labute approximate surface area is 111 Å². The molecule has 0 unspecified atom stereocenters. The van der Waals surface area contributed by atoms with Crippen LogP contribution in [0.15, 0.2) is 24.4 Å². The van der Waals surface area contributed by atoms with Gasteiger partial charge in [0, 0.05) is 42.3 Å². The lowest BCUT2D eigenvalue weighted by Gasteiger charge is -2.06. The van der Waals surface area contributed by atoms with Gasteiger partial charge in [0.1, 0.15) is 0 Å². The molecule has 1 aromatic heterocycles. The summed E-state index contributed by atoms with van der Waals surface area (Å²) in [4.78, 5) is 12.0. The maximum atomic E-state index is 12.0. The Morgan fingerprint density at radius 1 is 1.32 bits per heavy atom. The molecular weight excluding hydrogens is 242 g/mol. The fourth-order valence-electron chi connectivity index (χ4n) is 1.91. The van der Waals surface area contributed by atoms with Gasteiger partial charge >= 0.3 is 0 Å². The van der Waals surface area contributed by atoms with E-state index in [9.17, 15) is 4.79 Å². The van der Waals surface area contributed by atoms with Crippen molar-refractivity contribution in [3.05, 3.63) is 41.2 Å². The number of rotatable bonds is 3. The molecule has 0 aliphatic rings. The third-order valence-corrected chi connectivity index (χ3v) is 2.79. The molecule has 19 heavy (non-hydrogen) atoms. The number of nitrogens with one attached hydrogen (secondary N) is 1. The number of aryl methyl sites for hydroxylation is 2. The summed E-state index contributed by atoms with van der Waals surface area (Å²) in [5.74, 6) is -0.206. The summed E-state index contributed by atoms with van der Waals surface area (Å²) in [6, 6.07) is 4.81. The van der Waals surface area contributed by atoms with Crippen LogP contribution in [0.2, 0.25) is 0 Å². The lowest BCUT2D eigenvalue weighted by molar-refractivity contribution is 0.0951. The molecule has 6 nitrogen and oxygen atoms in total. The van der Waals surface area contributed by atoms with Gasteiger partial charge in [-0.15, -0.1) is 0 Å². The van der Waals surface area contributed by atoms with Crippen molar-refractivity contribution in [1.82, 2.24) is 15.1 Å². The van der Waals surface area contributed by atoms with Crippen LogP contribution in [0.4, 0.5) is 11.4 Å². The van der Waals surface area contributed by atoms with Crippen LogP contribution in [0.3, 0.4) is 0 Å². The largest absolute Gasteiger partial charge is 0.399 e. The molecule has 2 aromatic rings. The molecule has 0 saturated carbocycles. The van der Waals surface area contributed by atoms with Crippen LogP contribution < -0.4 is 16.8 Å². The number of aromatic nitrogens is 2. The average molecular weight is 259 g/mol. The molecule has 6 heteroatoms. The summed E-state index contributed by atoms with van der Waals surface area (Å²) in [7, 11) is 1.84. The first kappa shape index (κ1) is 12.9. The van der Waals surface area contributed by atoms with E-state index in [1.165, 1.54) is 0 Å². The summed E-state index contributed by atoms with van der Waals surface area (Å²) in [5.41, 5.74) is 14.6. The van der Waals surface area contributed by atoms with Gasteiger partial charge in [-0.3, -0.25) is 9.48 Å². The Kier molecular flexibility index (Phi) is 3.41. The predicted molar refractivity (Wildman–Crippen MR) is 74.4 cm³/mol. The van der Waals surface area contributed by atoms with Crippen molar-refractivity contribution < 1.29 is 4.79 Å². The smallest absolute Gasteiger partial charge is 0.251 e. The van der Waals surface area contributed by atoms with E-state index < -0.39 is 0 Å². The van der Waals surface area contributed by atoms with E-state index in [4.69, 9.17) is 11.5 Å². The number of benzene rings is 1. The first-order chi connectivity index (χ1) is 8.95. The monoisotopic (exact) mass is 259 g/mol. The maximum Gasteiger partial charge on any atom is 0.251 e. The summed E-state index contributed by atoms with van der Waals surface area (Å²) in [5, 5.41) is 7.04. The Morgan fingerprint density at radius 2 is 1.95 bits per heavy atom. The van der Waals surface area contributed by atoms with Crippen molar-refractivity contribution in [2.45, 2.75) is 13.5 Å². The Balaban J connectivity index is 2.07. The highest BCUT2D eigenvalue weighted by molar-refractivity contribution is 5.96. The highest BCUT2D eigenvalue weighted by Gasteiger charge is 2.09. The zero-order valence-corrected chi connectivity index (χ0v) is 11.0. The molecule has 0 aliphatic heterocycles. The molecule has 1 amide bonds. The zero-order valence-electron chi connectivity index (χ0n) is 11.0. The molecule has 0 atom stereocenters. The highest BCUT2D eigenvalue weighted by atomic mass is 16.1. The van der Waals surface area contributed by atoms with Crippen LogP contribution in [0.1, 0.15) is 21.6 Å². The molecule has 0 aliphatic carbocycles. The van der Waals surface area contributed by atoms with Gasteiger partial charge in [0.15, 0.2) is 0 Å². The standard InChI is InChI=1S/C13H17N5O/c1-8-10(7-18(2)17-8)6-16-13(19)9-3-11(14)5-12(15)4-9/h3-5,7H,6,14-15H2,1-2H3,(H,16,19). The van der Waals surface area contributed by atoms with Crippen molar-refractivity contribution in [3.63, 3.8) is 0 Å². The number of amides is 1. The fourth-order valence-corrected chi connectivity index (χ4v) is 1.91. The molecule has 1 aromatic carbocycles. The van der Waals surface area contributed by atoms with E-state index in [1.54, 1.807) is 22.9 Å². The normalized spacial score (nSPS) is 10.4. The maximum absolute atomic E-state index is 12.0. The highest BCUT2D eigenvalue weighted by Crippen LogP contribution is 2.13. The van der Waals surface area contributed by atoms with Gasteiger partial charge < -0.3 is 16.8 Å². The van der Waals surface area contributed by atoms with E-state index in [-0.39, 0.29) is 5.91 Å². The first-order valence-electron chi connectivity index (χ1n) is 5.89. The van der Waals surface area contributed by atoms with Gasteiger partial charge in [0.25, 0.3) is 5.91 Å². The quantitative estimate of drug-likeness (QED) is 0.711. The molecule has 0 radical (unpaired) electrons. The lowest BCUT2D eigenvalue weighted by Crippen LogP contribution is -2.23. The summed E-state index contributed by atoms with van der Waals surface area (Å²) in [6.07, 6.45) is 1.88. The van der Waals surface area contributed by atoms with Crippen LogP contribution in [0.25, 0.3) is 0 Å². The lowest BCUT2D eigenvalue weighted by atomic mass is 10.1. The topological polar surface area (TPSA) is 99.0 Å². The van der Waals surface area contributed by atoms with Gasteiger partial charge in [-0.1, -0.05) is 0 Å². The van der Waals surface area contributed by atoms with Crippen LogP contribution in [-0.2, 0) is 13.6 Å². The third kappa shape index (κ3) is 3.04. The van der Waals surface area contributed by atoms with Gasteiger partial charge in [-0.2, -0.15) is 5.10 Å². The molecule has 1 heterocycles. The number of nitrogens with zero attached hydrogens (tertiary/aromatic N) is 2. The first-order valence-corrected chi connectivity index (χ1v) is 5.89. The Bertz CT molecular complexity index is 597. The second-order valence-electron chi connectivity index (χ2n) is 4.48. The number of hydrogen-bond acceptors (Lipinski definition) is 4. The van der Waals surface area contributed by atoms with E-state index >= 15 is 0 Å². The van der Waals surface area contributed by atoms with Crippen molar-refractivity contribution >= 4 is 17.3 Å². The summed E-state index contributed by atoms with van der Waals surface area (Å²) in [6.45, 7) is 2.33. The van der Waals surface area contributed by atoms with E-state index in [1.807, 2.05) is 20.2 Å². The van der Waals surface area contributed by atoms with Crippen molar-refractivity contribution in [2.75, 3.05) is 11.5 Å². The van der Waals surface area contributed by atoms with Crippen LogP contribution in [0, 0.1) is 6.92 Å². The number of nitrogens with two attached hydrogens (primary N) is 2. The molecule has 0 saturated heterocycles. The van der Waals surface area contributed by atoms with Crippen LogP contribution in [0.5, 0.6) is 0 Å². The Hall–Kier alpha value is -2.50.